The topological polar surface area (TPSA) is 184 Å². The van der Waals surface area contributed by atoms with Crippen molar-refractivity contribution >= 4 is 0 Å². The third-order valence-electron chi connectivity index (χ3n) is 5.43. The minimum Gasteiger partial charge on any atom is -0.394 e. The molecule has 0 bridgehead atoms. The molecule has 11 heteroatoms. The van der Waals surface area contributed by atoms with Crippen LogP contribution >= 0.6 is 0 Å². The summed E-state index contributed by atoms with van der Waals surface area (Å²) in [6.07, 6.45) is -8.69. The monoisotopic (exact) mass is 425 g/mol. The van der Waals surface area contributed by atoms with Gasteiger partial charge in [-0.2, -0.15) is 0 Å². The van der Waals surface area contributed by atoms with Crippen LogP contribution in [0.15, 0.2) is 0 Å². The van der Waals surface area contributed by atoms with Gasteiger partial charge in [-0.3, -0.25) is 0 Å². The smallest absolute Gasteiger partial charge is 0.187 e. The molecule has 2 aliphatic rings. The number of ether oxygens (including phenoxy) is 4. The number of hydrogen-bond donors (Lipinski definition) is 7. The van der Waals surface area contributed by atoms with Crippen molar-refractivity contribution in [2.75, 3.05) is 26.4 Å². The van der Waals surface area contributed by atoms with Crippen LogP contribution in [0.25, 0.3) is 0 Å². The quantitative estimate of drug-likeness (QED) is 0.177. The highest BCUT2D eigenvalue weighted by molar-refractivity contribution is 4.93. The van der Waals surface area contributed by atoms with Gasteiger partial charge < -0.3 is 55.3 Å². The molecule has 4 unspecified atom stereocenters. The van der Waals surface area contributed by atoms with Gasteiger partial charge in [-0.05, 0) is 25.8 Å². The summed E-state index contributed by atoms with van der Waals surface area (Å²) in [5.74, 6) is -0.512. The van der Waals surface area contributed by atoms with Gasteiger partial charge in [-0.15, -0.1) is 0 Å². The average molecular weight is 425 g/mol. The van der Waals surface area contributed by atoms with E-state index in [9.17, 15) is 30.6 Å². The van der Waals surface area contributed by atoms with Crippen LogP contribution in [0, 0.1) is 5.92 Å². The average Bonchev–Trinajstić information content (AvgIpc) is 2.72. The normalized spacial score (nSPS) is 43.4. The maximum absolute atomic E-state index is 10.7. The second kappa shape index (κ2) is 11.8. The first-order valence-electron chi connectivity index (χ1n) is 10.1. The molecule has 2 heterocycles. The van der Waals surface area contributed by atoms with E-state index < -0.39 is 74.4 Å². The first-order valence-corrected chi connectivity index (χ1v) is 10.1. The fraction of sp³-hybridized carbons (Fsp3) is 1.00. The molecule has 0 aromatic rings. The zero-order chi connectivity index (χ0) is 21.6. The molecule has 11 nitrogen and oxygen atoms in total. The van der Waals surface area contributed by atoms with E-state index in [1.165, 1.54) is 0 Å². The first kappa shape index (κ1) is 24.8. The number of aliphatic hydroxyl groups excluding tert-OH is 6. The van der Waals surface area contributed by atoms with Gasteiger partial charge in [0.15, 0.2) is 12.6 Å². The minimum absolute atomic E-state index is 0.415. The zero-order valence-corrected chi connectivity index (χ0v) is 16.6. The van der Waals surface area contributed by atoms with Crippen molar-refractivity contribution in [2.45, 2.75) is 81.5 Å². The molecule has 2 rings (SSSR count). The molecule has 0 aromatic heterocycles. The van der Waals surface area contributed by atoms with Crippen LogP contribution in [0.5, 0.6) is 0 Å². The third-order valence-corrected chi connectivity index (χ3v) is 5.43. The maximum atomic E-state index is 10.7. The van der Waals surface area contributed by atoms with Crippen LogP contribution in [-0.4, -0.2) is 112 Å². The lowest BCUT2D eigenvalue weighted by molar-refractivity contribution is -0.353. The number of unbranched alkanes of at least 4 members (excludes halogenated alkanes) is 2. The van der Waals surface area contributed by atoms with E-state index in [2.05, 4.69) is 0 Å². The van der Waals surface area contributed by atoms with Crippen LogP contribution in [0.2, 0.25) is 0 Å². The molecule has 0 amide bonds. The fourth-order valence-electron chi connectivity index (χ4n) is 3.52. The zero-order valence-electron chi connectivity index (χ0n) is 16.6. The van der Waals surface area contributed by atoms with Gasteiger partial charge in [0, 0.05) is 12.5 Å². The van der Waals surface area contributed by atoms with Crippen LogP contribution < -0.4 is 5.73 Å². The second-order valence-corrected chi connectivity index (χ2v) is 7.59. The van der Waals surface area contributed by atoms with E-state index in [0.717, 1.165) is 19.3 Å². The summed E-state index contributed by atoms with van der Waals surface area (Å²) in [6, 6.07) is 0. The lowest BCUT2D eigenvalue weighted by atomic mass is 9.92. The molecule has 2 aliphatic heterocycles. The van der Waals surface area contributed by atoms with Crippen molar-refractivity contribution in [3.63, 3.8) is 0 Å². The second-order valence-electron chi connectivity index (χ2n) is 7.59. The van der Waals surface area contributed by atoms with Gasteiger partial charge >= 0.3 is 0 Å². The molecular formula is C18H35NO10. The maximum Gasteiger partial charge on any atom is 0.187 e. The van der Waals surface area contributed by atoms with Gasteiger partial charge in [0.2, 0.25) is 0 Å². The number of hydrogen-bond acceptors (Lipinski definition) is 11. The molecule has 10 atom stereocenters. The lowest BCUT2D eigenvalue weighted by Crippen LogP contribution is -2.63. The summed E-state index contributed by atoms with van der Waals surface area (Å²) < 4.78 is 22.4. The summed E-state index contributed by atoms with van der Waals surface area (Å²) in [7, 11) is 0. The Morgan fingerprint density at radius 2 is 1.45 bits per heavy atom. The van der Waals surface area contributed by atoms with Gasteiger partial charge in [0.05, 0.1) is 19.3 Å². The van der Waals surface area contributed by atoms with Crippen LogP contribution in [-0.2, 0) is 18.9 Å². The molecule has 0 saturated carbocycles. The number of aliphatic hydroxyl groups is 6. The standard InChI is InChI=1S/C18H35NO10/c1-9-12(22)16(11(8-21)28-17(9)26-6-4-2-3-5-19)29-18-15(25)14(24)13(23)10(7-20)27-18/h9-18,20-25H,2-8,19H2,1H3/t9?,10?,11?,12-,13+,14+,15?,16+,17-,18+/m1/s1. The Hall–Kier alpha value is -0.440. The first-order chi connectivity index (χ1) is 13.8. The van der Waals surface area contributed by atoms with E-state index in [1.54, 1.807) is 6.92 Å². The highest BCUT2D eigenvalue weighted by atomic mass is 16.7. The summed E-state index contributed by atoms with van der Waals surface area (Å²) in [6.45, 7) is 1.64. The SMILES string of the molecule is CC1[C@H](OCCCCCN)OC(CO)[C@H](O[C@@H]2OC(CO)[C@H](O)[C@H](O)C2O)[C@@H]1O. The summed E-state index contributed by atoms with van der Waals surface area (Å²) in [5, 5.41) is 59.6. The molecule has 8 N–H and O–H groups in total. The summed E-state index contributed by atoms with van der Waals surface area (Å²) >= 11 is 0. The van der Waals surface area contributed by atoms with Crippen molar-refractivity contribution in [3.05, 3.63) is 0 Å². The van der Waals surface area contributed by atoms with Crippen LogP contribution in [0.4, 0.5) is 0 Å². The Labute approximate surface area is 169 Å². The van der Waals surface area contributed by atoms with Crippen molar-refractivity contribution in [1.29, 1.82) is 0 Å². The van der Waals surface area contributed by atoms with Crippen molar-refractivity contribution in [3.8, 4) is 0 Å². The highest BCUT2D eigenvalue weighted by Crippen LogP contribution is 2.32. The van der Waals surface area contributed by atoms with E-state index in [0.29, 0.717) is 13.2 Å². The van der Waals surface area contributed by atoms with Gasteiger partial charge in [0.25, 0.3) is 0 Å². The van der Waals surface area contributed by atoms with Crippen molar-refractivity contribution in [2.24, 2.45) is 11.7 Å². The summed E-state index contributed by atoms with van der Waals surface area (Å²) in [4.78, 5) is 0. The lowest BCUT2D eigenvalue weighted by Gasteiger charge is -2.46. The fourth-order valence-corrected chi connectivity index (χ4v) is 3.52. The van der Waals surface area contributed by atoms with Gasteiger partial charge in [-0.25, -0.2) is 0 Å². The minimum atomic E-state index is -1.62. The molecule has 2 saturated heterocycles. The number of rotatable bonds is 10. The summed E-state index contributed by atoms with van der Waals surface area (Å²) in [5.41, 5.74) is 5.45. The van der Waals surface area contributed by atoms with Crippen molar-refractivity contribution in [1.82, 2.24) is 0 Å². The third kappa shape index (κ3) is 6.05. The van der Waals surface area contributed by atoms with E-state index in [4.69, 9.17) is 24.7 Å². The molecule has 0 radical (unpaired) electrons. The highest BCUT2D eigenvalue weighted by Gasteiger charge is 2.49. The van der Waals surface area contributed by atoms with E-state index in [1.807, 2.05) is 0 Å². The Bertz CT molecular complexity index is 468. The van der Waals surface area contributed by atoms with Crippen LogP contribution in [0.1, 0.15) is 26.2 Å². The largest absolute Gasteiger partial charge is 0.394 e. The Kier molecular flexibility index (Phi) is 10.1. The predicted molar refractivity (Wildman–Crippen MR) is 98.4 cm³/mol. The van der Waals surface area contributed by atoms with Crippen molar-refractivity contribution < 1.29 is 49.6 Å². The Morgan fingerprint density at radius 3 is 2.07 bits per heavy atom. The molecule has 0 aromatic carbocycles. The van der Waals surface area contributed by atoms with Gasteiger partial charge in [0.1, 0.15) is 36.6 Å². The molecule has 172 valence electrons. The van der Waals surface area contributed by atoms with Crippen LogP contribution in [0.3, 0.4) is 0 Å². The Balaban J connectivity index is 1.98. The van der Waals surface area contributed by atoms with Gasteiger partial charge in [-0.1, -0.05) is 6.92 Å². The molecule has 2 fully saturated rings. The van der Waals surface area contributed by atoms with E-state index >= 15 is 0 Å². The molecule has 0 spiro atoms. The molecule has 29 heavy (non-hydrogen) atoms. The van der Waals surface area contributed by atoms with E-state index in [-0.39, 0.29) is 0 Å². The number of nitrogens with two attached hydrogens (primary N) is 1. The molecule has 0 aliphatic carbocycles. The Morgan fingerprint density at radius 1 is 0.793 bits per heavy atom. The molecular weight excluding hydrogens is 390 g/mol. The predicted octanol–water partition coefficient (Wildman–Crippen LogP) is -2.97.